The van der Waals surface area contributed by atoms with E-state index in [-0.39, 0.29) is 0 Å². The Hall–Kier alpha value is -1.60. The van der Waals surface area contributed by atoms with E-state index in [0.717, 1.165) is 44.3 Å². The lowest BCUT2D eigenvalue weighted by Crippen LogP contribution is -2.07. The number of pyridine rings is 1. The second kappa shape index (κ2) is 5.80. The molecule has 0 spiro atoms. The fraction of sp³-hybridized carbons (Fsp3) is 0.231. The average molecular weight is 350 g/mol. The molecule has 5 nitrogen and oxygen atoms in total. The lowest BCUT2D eigenvalue weighted by Gasteiger charge is -2.01. The van der Waals surface area contributed by atoms with Gasteiger partial charge in [0.25, 0.3) is 0 Å². The van der Waals surface area contributed by atoms with Gasteiger partial charge >= 0.3 is 0 Å². The first-order chi connectivity index (χ1) is 9.70. The van der Waals surface area contributed by atoms with Gasteiger partial charge in [-0.1, -0.05) is 11.3 Å². The van der Waals surface area contributed by atoms with Gasteiger partial charge < -0.3 is 5.32 Å². The average Bonchev–Trinajstić information content (AvgIpc) is 2.83. The van der Waals surface area contributed by atoms with Crippen molar-refractivity contribution in [3.8, 4) is 0 Å². The smallest absolute Gasteiger partial charge is 0.185 e. The molecule has 1 N–H and O–H groups in total. The number of thiazole rings is 1. The molecule has 3 aromatic rings. The molecule has 20 heavy (non-hydrogen) atoms. The third-order valence-corrected chi connectivity index (χ3v) is 4.04. The van der Waals surface area contributed by atoms with Gasteiger partial charge in [0.2, 0.25) is 0 Å². The highest BCUT2D eigenvalue weighted by Gasteiger charge is 2.05. The van der Waals surface area contributed by atoms with Crippen molar-refractivity contribution in [2.75, 3.05) is 11.9 Å². The summed E-state index contributed by atoms with van der Waals surface area (Å²) in [5.74, 6) is 0.838. The molecule has 0 saturated heterocycles. The first-order valence-electron chi connectivity index (χ1n) is 6.14. The van der Waals surface area contributed by atoms with Crippen LogP contribution in [0.25, 0.3) is 10.3 Å². The highest BCUT2D eigenvalue weighted by atomic mass is 79.9. The molecule has 0 bridgehead atoms. The molecule has 0 unspecified atom stereocenters. The van der Waals surface area contributed by atoms with Crippen molar-refractivity contribution in [3.63, 3.8) is 0 Å². The van der Waals surface area contributed by atoms with Crippen molar-refractivity contribution < 1.29 is 0 Å². The number of nitrogens with one attached hydrogen (secondary N) is 1. The van der Waals surface area contributed by atoms with E-state index in [1.165, 1.54) is 0 Å². The molecular formula is C13H12BrN5S. The van der Waals surface area contributed by atoms with Crippen LogP contribution in [0.3, 0.4) is 0 Å². The summed E-state index contributed by atoms with van der Waals surface area (Å²) in [6, 6.07) is 1.97. The second-order valence-electron chi connectivity index (χ2n) is 4.35. The van der Waals surface area contributed by atoms with Crippen LogP contribution in [-0.2, 0) is 6.42 Å². The molecule has 0 atom stereocenters. The zero-order chi connectivity index (χ0) is 13.9. The van der Waals surface area contributed by atoms with Crippen LogP contribution in [0.2, 0.25) is 0 Å². The molecule has 0 aromatic carbocycles. The topological polar surface area (TPSA) is 63.6 Å². The summed E-state index contributed by atoms with van der Waals surface area (Å²) in [5.41, 5.74) is 1.97. The second-order valence-corrected chi connectivity index (χ2v) is 6.24. The largest absolute Gasteiger partial charge is 0.361 e. The summed E-state index contributed by atoms with van der Waals surface area (Å²) < 4.78 is 0.940. The maximum atomic E-state index is 4.49. The molecule has 0 aliphatic carbocycles. The Kier molecular flexibility index (Phi) is 3.88. The molecule has 7 heteroatoms. The Balaban J connectivity index is 1.63. The standard InChI is InChI=1S/C13H12BrN5S/c1-8-5-16-11(17-6-8)2-3-15-13-19-10-4-9(14)7-18-12(10)20-13/h4-7H,2-3H2,1H3,(H,15,19). The summed E-state index contributed by atoms with van der Waals surface area (Å²) in [6.07, 6.45) is 6.22. The highest BCUT2D eigenvalue weighted by Crippen LogP contribution is 2.25. The minimum absolute atomic E-state index is 0.754. The van der Waals surface area contributed by atoms with Crippen LogP contribution >= 0.6 is 27.3 Å². The molecule has 3 heterocycles. The molecule has 3 rings (SSSR count). The lowest BCUT2D eigenvalue weighted by molar-refractivity contribution is 0.886. The van der Waals surface area contributed by atoms with E-state index in [2.05, 4.69) is 41.2 Å². The summed E-state index contributed by atoms with van der Waals surface area (Å²) in [6.45, 7) is 2.73. The summed E-state index contributed by atoms with van der Waals surface area (Å²) >= 11 is 4.94. The Morgan fingerprint density at radius 3 is 2.80 bits per heavy atom. The molecule has 0 aliphatic heterocycles. The van der Waals surface area contributed by atoms with Crippen molar-refractivity contribution in [1.29, 1.82) is 0 Å². The Morgan fingerprint density at radius 2 is 2.00 bits per heavy atom. The van der Waals surface area contributed by atoms with E-state index in [0.29, 0.717) is 0 Å². The highest BCUT2D eigenvalue weighted by molar-refractivity contribution is 9.10. The SMILES string of the molecule is Cc1cnc(CCNc2nc3cc(Br)cnc3s2)nc1. The maximum absolute atomic E-state index is 4.49. The summed E-state index contributed by atoms with van der Waals surface area (Å²) in [7, 11) is 0. The number of hydrogen-bond donors (Lipinski definition) is 1. The first-order valence-corrected chi connectivity index (χ1v) is 7.75. The van der Waals surface area contributed by atoms with Crippen molar-refractivity contribution in [2.45, 2.75) is 13.3 Å². The van der Waals surface area contributed by atoms with Crippen molar-refractivity contribution in [1.82, 2.24) is 19.9 Å². The molecule has 0 aliphatic rings. The number of rotatable bonds is 4. The van der Waals surface area contributed by atoms with Gasteiger partial charge in [-0.25, -0.2) is 19.9 Å². The third-order valence-electron chi connectivity index (χ3n) is 2.67. The van der Waals surface area contributed by atoms with Gasteiger partial charge in [-0.2, -0.15) is 0 Å². The Morgan fingerprint density at radius 1 is 1.20 bits per heavy atom. The Labute approximate surface area is 128 Å². The van der Waals surface area contributed by atoms with Crippen LogP contribution < -0.4 is 5.32 Å². The number of nitrogens with zero attached hydrogens (tertiary/aromatic N) is 4. The number of anilines is 1. The maximum Gasteiger partial charge on any atom is 0.185 e. The molecule has 3 aromatic heterocycles. The van der Waals surface area contributed by atoms with Crippen LogP contribution in [0.1, 0.15) is 11.4 Å². The van der Waals surface area contributed by atoms with Crippen LogP contribution in [0.5, 0.6) is 0 Å². The molecule has 0 fully saturated rings. The zero-order valence-electron chi connectivity index (χ0n) is 10.8. The number of aromatic nitrogens is 4. The quantitative estimate of drug-likeness (QED) is 0.783. The van der Waals surface area contributed by atoms with Gasteiger partial charge in [0.05, 0.1) is 0 Å². The first kappa shape index (κ1) is 13.4. The summed E-state index contributed by atoms with van der Waals surface area (Å²) in [5, 5.41) is 4.16. The number of halogens is 1. The zero-order valence-corrected chi connectivity index (χ0v) is 13.2. The monoisotopic (exact) mass is 349 g/mol. The molecular weight excluding hydrogens is 338 g/mol. The van der Waals surface area contributed by atoms with Crippen molar-refractivity contribution in [3.05, 3.63) is 40.5 Å². The predicted molar refractivity (Wildman–Crippen MR) is 84.1 cm³/mol. The van der Waals surface area contributed by atoms with E-state index >= 15 is 0 Å². The van der Waals surface area contributed by atoms with E-state index in [1.54, 1.807) is 17.5 Å². The minimum Gasteiger partial charge on any atom is -0.361 e. The molecule has 0 radical (unpaired) electrons. The van der Waals surface area contributed by atoms with Crippen LogP contribution in [0.4, 0.5) is 5.13 Å². The summed E-state index contributed by atoms with van der Waals surface area (Å²) in [4.78, 5) is 18.3. The van der Waals surface area contributed by atoms with E-state index in [4.69, 9.17) is 0 Å². The third kappa shape index (κ3) is 3.10. The van der Waals surface area contributed by atoms with E-state index in [1.807, 2.05) is 25.4 Å². The van der Waals surface area contributed by atoms with E-state index in [9.17, 15) is 0 Å². The molecule has 102 valence electrons. The number of aryl methyl sites for hydroxylation is 1. The van der Waals surface area contributed by atoms with Gasteiger partial charge in [-0.3, -0.25) is 0 Å². The van der Waals surface area contributed by atoms with E-state index < -0.39 is 0 Å². The predicted octanol–water partition coefficient (Wildman–Crippen LogP) is 3.21. The van der Waals surface area contributed by atoms with Crippen LogP contribution in [0, 0.1) is 6.92 Å². The molecule has 0 amide bonds. The fourth-order valence-corrected chi connectivity index (χ4v) is 2.84. The van der Waals surface area contributed by atoms with Gasteiger partial charge in [0.15, 0.2) is 5.13 Å². The van der Waals surface area contributed by atoms with Crippen LogP contribution in [-0.4, -0.2) is 26.5 Å². The number of hydrogen-bond acceptors (Lipinski definition) is 6. The van der Waals surface area contributed by atoms with Gasteiger partial charge in [-0.05, 0) is 34.5 Å². The normalized spacial score (nSPS) is 10.9. The lowest BCUT2D eigenvalue weighted by atomic mass is 10.3. The van der Waals surface area contributed by atoms with Gasteiger partial charge in [0.1, 0.15) is 16.2 Å². The van der Waals surface area contributed by atoms with Gasteiger partial charge in [0, 0.05) is 36.0 Å². The molecule has 0 saturated carbocycles. The fourth-order valence-electron chi connectivity index (χ4n) is 1.70. The van der Waals surface area contributed by atoms with Crippen LogP contribution in [0.15, 0.2) is 29.1 Å². The minimum atomic E-state index is 0.754. The Bertz CT molecular complexity index is 725. The van der Waals surface area contributed by atoms with Gasteiger partial charge in [-0.15, -0.1) is 0 Å². The van der Waals surface area contributed by atoms with Crippen molar-refractivity contribution in [2.24, 2.45) is 0 Å². The van der Waals surface area contributed by atoms with Crippen molar-refractivity contribution >= 4 is 42.7 Å². The number of fused-ring (bicyclic) bond motifs is 1.